The minimum Gasteiger partial charge on any atom is -0.301 e. The van der Waals surface area contributed by atoms with Crippen molar-refractivity contribution in [2.24, 2.45) is 4.99 Å². The molecule has 0 unspecified atom stereocenters. The largest absolute Gasteiger partial charge is 0.301 e. The summed E-state index contributed by atoms with van der Waals surface area (Å²) in [6, 6.07) is 9.90. The molecule has 0 radical (unpaired) electrons. The number of amidine groups is 1. The predicted molar refractivity (Wildman–Crippen MR) is 120 cm³/mol. The monoisotopic (exact) mass is 437 g/mol. The lowest BCUT2D eigenvalue weighted by Gasteiger charge is -2.27. The first-order valence-corrected chi connectivity index (χ1v) is 11.1. The van der Waals surface area contributed by atoms with Gasteiger partial charge in [-0.1, -0.05) is 6.07 Å². The molecule has 2 aliphatic heterocycles. The van der Waals surface area contributed by atoms with Gasteiger partial charge in [-0.3, -0.25) is 19.6 Å². The van der Waals surface area contributed by atoms with Crippen molar-refractivity contribution in [2.75, 3.05) is 5.06 Å². The number of rotatable bonds is 5. The molecule has 0 saturated carbocycles. The summed E-state index contributed by atoms with van der Waals surface area (Å²) in [5, 5.41) is 16.3. The topological polar surface area (TPSA) is 90.6 Å². The number of nitrogens with zero attached hydrogens (tertiary/aromatic N) is 4. The number of anilines is 1. The van der Waals surface area contributed by atoms with Crippen molar-refractivity contribution in [1.82, 2.24) is 10.3 Å². The average Bonchev–Trinajstić information content (AvgIpc) is 3.35. The first kappa shape index (κ1) is 20.3. The lowest BCUT2D eigenvalue weighted by Crippen LogP contribution is -2.26. The van der Waals surface area contributed by atoms with Crippen molar-refractivity contribution in [2.45, 2.75) is 32.9 Å². The number of nitriles is 1. The normalized spacial score (nSPS) is 18.5. The fourth-order valence-corrected chi connectivity index (χ4v) is 4.36. The number of nitrogens with one attached hydrogen (secondary N) is 1. The second kappa shape index (κ2) is 8.83. The Hall–Kier alpha value is -2.93. The van der Waals surface area contributed by atoms with Crippen LogP contribution in [-0.4, -0.2) is 22.2 Å². The van der Waals surface area contributed by atoms with Crippen LogP contribution in [0.2, 0.25) is 0 Å². The van der Waals surface area contributed by atoms with Crippen molar-refractivity contribution in [3.8, 4) is 6.07 Å². The van der Waals surface area contributed by atoms with Crippen molar-refractivity contribution in [3.05, 3.63) is 62.6 Å². The van der Waals surface area contributed by atoms with Crippen LogP contribution in [0.3, 0.4) is 0 Å². The highest BCUT2D eigenvalue weighted by Crippen LogP contribution is 2.31. The van der Waals surface area contributed by atoms with Gasteiger partial charge in [0.2, 0.25) is 0 Å². The first-order chi connectivity index (χ1) is 14.5. The standard InChI is InChI=1S/C21H19N5O2S2/c1-13(2)28-26-12-14(10-22)8-17-18(26)6-5-15(24-17)9-19-20(27)25-21(30-19)23-11-16-4-3-7-29-16/h3-7,9,12-13H,8,11H2,1-2H3,(H,23,25,27). The fourth-order valence-electron chi connectivity index (χ4n) is 2.93. The maximum Gasteiger partial charge on any atom is 0.264 e. The third-order valence-corrected chi connectivity index (χ3v) is 6.01. The Morgan fingerprint density at radius 2 is 2.30 bits per heavy atom. The van der Waals surface area contributed by atoms with E-state index in [1.807, 2.05) is 43.5 Å². The van der Waals surface area contributed by atoms with Gasteiger partial charge in [-0.25, -0.2) is 5.06 Å². The highest BCUT2D eigenvalue weighted by atomic mass is 32.2. The van der Waals surface area contributed by atoms with E-state index in [0.29, 0.717) is 34.3 Å². The molecule has 2 aliphatic rings. The number of carbonyl (C=O) groups is 1. The lowest BCUT2D eigenvalue weighted by molar-refractivity contribution is -0.115. The molecule has 0 spiro atoms. The number of thiophene rings is 1. The molecule has 7 nitrogen and oxygen atoms in total. The second-order valence-electron chi connectivity index (χ2n) is 6.89. The Labute approximate surface area is 182 Å². The summed E-state index contributed by atoms with van der Waals surface area (Å²) in [6.45, 7) is 4.39. The minimum atomic E-state index is -0.188. The molecule has 30 heavy (non-hydrogen) atoms. The molecule has 2 aromatic heterocycles. The predicted octanol–water partition coefficient (Wildman–Crippen LogP) is 4.01. The second-order valence-corrected chi connectivity index (χ2v) is 8.95. The molecule has 4 rings (SSSR count). The summed E-state index contributed by atoms with van der Waals surface area (Å²) in [4.78, 5) is 28.9. The molecule has 0 aromatic carbocycles. The van der Waals surface area contributed by atoms with Gasteiger partial charge in [0.05, 0.1) is 46.3 Å². The van der Waals surface area contributed by atoms with Gasteiger partial charge in [0.25, 0.3) is 5.91 Å². The summed E-state index contributed by atoms with van der Waals surface area (Å²) in [5.41, 5.74) is 2.75. The molecule has 1 fully saturated rings. The number of aliphatic imine (C=N–C) groups is 1. The molecule has 1 N–H and O–H groups in total. The number of hydrogen-bond donors (Lipinski definition) is 1. The van der Waals surface area contributed by atoms with Crippen LogP contribution in [0.5, 0.6) is 0 Å². The van der Waals surface area contributed by atoms with Crippen LogP contribution >= 0.6 is 23.1 Å². The van der Waals surface area contributed by atoms with E-state index in [1.54, 1.807) is 28.7 Å². The summed E-state index contributed by atoms with van der Waals surface area (Å²) in [5.74, 6) is -0.188. The summed E-state index contributed by atoms with van der Waals surface area (Å²) in [7, 11) is 0. The SMILES string of the molecule is CC(C)ON1C=C(C#N)Cc2nc(C=C3SC(=NCc4cccs4)NC3=O)ccc21. The number of carbonyl (C=O) groups excluding carboxylic acids is 1. The van der Waals surface area contributed by atoms with Gasteiger partial charge in [-0.05, 0) is 55.3 Å². The molecular weight excluding hydrogens is 418 g/mol. The molecule has 0 aliphatic carbocycles. The van der Waals surface area contributed by atoms with E-state index in [1.165, 1.54) is 11.8 Å². The summed E-state index contributed by atoms with van der Waals surface area (Å²) < 4.78 is 0. The zero-order chi connectivity index (χ0) is 21.1. The highest BCUT2D eigenvalue weighted by Gasteiger charge is 2.25. The third kappa shape index (κ3) is 4.62. The van der Waals surface area contributed by atoms with E-state index in [0.717, 1.165) is 16.3 Å². The van der Waals surface area contributed by atoms with E-state index in [-0.39, 0.29) is 12.0 Å². The molecule has 0 bridgehead atoms. The zero-order valence-electron chi connectivity index (χ0n) is 16.5. The van der Waals surface area contributed by atoms with Crippen molar-refractivity contribution in [1.29, 1.82) is 5.26 Å². The Morgan fingerprint density at radius 1 is 1.43 bits per heavy atom. The van der Waals surface area contributed by atoms with Gasteiger partial charge in [-0.2, -0.15) is 5.26 Å². The van der Waals surface area contributed by atoms with Crippen LogP contribution in [0.1, 0.15) is 30.1 Å². The van der Waals surface area contributed by atoms with E-state index in [2.05, 4.69) is 21.4 Å². The molecule has 1 amide bonds. The number of hydrogen-bond acceptors (Lipinski definition) is 8. The van der Waals surface area contributed by atoms with E-state index in [9.17, 15) is 10.1 Å². The van der Waals surface area contributed by atoms with Gasteiger partial charge >= 0.3 is 0 Å². The van der Waals surface area contributed by atoms with Crippen LogP contribution in [0.4, 0.5) is 5.69 Å². The quantitative estimate of drug-likeness (QED) is 0.711. The third-order valence-electron chi connectivity index (χ3n) is 4.20. The van der Waals surface area contributed by atoms with Crippen LogP contribution in [-0.2, 0) is 22.6 Å². The molecule has 0 atom stereocenters. The first-order valence-electron chi connectivity index (χ1n) is 9.36. The van der Waals surface area contributed by atoms with Gasteiger partial charge in [0.15, 0.2) is 5.17 Å². The van der Waals surface area contributed by atoms with Crippen LogP contribution in [0.15, 0.2) is 51.3 Å². The van der Waals surface area contributed by atoms with Crippen LogP contribution in [0.25, 0.3) is 6.08 Å². The maximum atomic E-state index is 12.3. The Balaban J connectivity index is 1.54. The molecule has 9 heteroatoms. The van der Waals surface area contributed by atoms with Crippen molar-refractivity contribution < 1.29 is 9.63 Å². The number of amides is 1. The Bertz CT molecular complexity index is 1100. The smallest absolute Gasteiger partial charge is 0.264 e. The number of fused-ring (bicyclic) bond motifs is 1. The minimum absolute atomic E-state index is 0.0422. The van der Waals surface area contributed by atoms with E-state index >= 15 is 0 Å². The number of hydroxylamine groups is 1. The number of allylic oxidation sites excluding steroid dienone is 1. The lowest BCUT2D eigenvalue weighted by atomic mass is 10.1. The fraction of sp³-hybridized carbons (Fsp3) is 0.238. The van der Waals surface area contributed by atoms with E-state index in [4.69, 9.17) is 4.84 Å². The average molecular weight is 438 g/mol. The van der Waals surface area contributed by atoms with Crippen molar-refractivity contribution >= 4 is 45.9 Å². The molecule has 2 aromatic rings. The van der Waals surface area contributed by atoms with Crippen LogP contribution < -0.4 is 10.4 Å². The summed E-state index contributed by atoms with van der Waals surface area (Å²) in [6.07, 6.45) is 3.82. The Kier molecular flexibility index (Phi) is 5.99. The van der Waals surface area contributed by atoms with Crippen LogP contribution in [0, 0.1) is 11.3 Å². The zero-order valence-corrected chi connectivity index (χ0v) is 18.1. The molecule has 1 saturated heterocycles. The van der Waals surface area contributed by atoms with E-state index < -0.39 is 0 Å². The highest BCUT2D eigenvalue weighted by molar-refractivity contribution is 8.18. The van der Waals surface area contributed by atoms with Crippen molar-refractivity contribution in [3.63, 3.8) is 0 Å². The van der Waals surface area contributed by atoms with Gasteiger partial charge in [0.1, 0.15) is 0 Å². The van der Waals surface area contributed by atoms with Gasteiger partial charge in [-0.15, -0.1) is 11.3 Å². The molecule has 4 heterocycles. The molecular formula is C21H19N5O2S2. The van der Waals surface area contributed by atoms with Gasteiger partial charge < -0.3 is 5.32 Å². The van der Waals surface area contributed by atoms with Gasteiger partial charge in [0, 0.05) is 17.5 Å². The number of aromatic nitrogens is 1. The Morgan fingerprint density at radius 3 is 3.03 bits per heavy atom. The number of pyridine rings is 1. The maximum absolute atomic E-state index is 12.3. The number of thioether (sulfide) groups is 1. The summed E-state index contributed by atoms with van der Waals surface area (Å²) >= 11 is 2.94. The molecule has 152 valence electrons.